The molecule has 1 aliphatic rings. The van der Waals surface area contributed by atoms with E-state index in [0.29, 0.717) is 0 Å². The summed E-state index contributed by atoms with van der Waals surface area (Å²) in [6, 6.07) is 2.62. The van der Waals surface area contributed by atoms with Gasteiger partial charge in [-0.15, -0.1) is 0 Å². The maximum Gasteiger partial charge on any atom is 0.293 e. The van der Waals surface area contributed by atoms with Crippen molar-refractivity contribution in [1.82, 2.24) is 0 Å². The number of hydrogen-bond acceptors (Lipinski definition) is 5. The van der Waals surface area contributed by atoms with Crippen molar-refractivity contribution in [3.63, 3.8) is 0 Å². The predicted octanol–water partition coefficient (Wildman–Crippen LogP) is 1.41. The number of rotatable bonds is 3. The second-order valence-electron chi connectivity index (χ2n) is 4.20. The fraction of sp³-hybridized carbons (Fsp3) is 0.300. The van der Waals surface area contributed by atoms with Gasteiger partial charge in [0.1, 0.15) is 16.8 Å². The van der Waals surface area contributed by atoms with Crippen LogP contribution in [0, 0.1) is 15.9 Å². The minimum Gasteiger partial charge on any atom is -0.305 e. The molecule has 0 saturated carbocycles. The summed E-state index contributed by atoms with van der Waals surface area (Å²) < 4.78 is 35.7. The molecule has 1 atom stereocenters. The molecule has 0 N–H and O–H groups in total. The average molecular weight is 323 g/mol. The average Bonchev–Trinajstić information content (AvgIpc) is 2.70. The molecule has 10 heteroatoms. The second kappa shape index (κ2) is 4.98. The first kappa shape index (κ1) is 14.7. The highest BCUT2D eigenvalue weighted by Crippen LogP contribution is 2.33. The summed E-state index contributed by atoms with van der Waals surface area (Å²) in [5, 5.41) is 9.71. The van der Waals surface area contributed by atoms with Crippen molar-refractivity contribution >= 4 is 37.0 Å². The lowest BCUT2D eigenvalue weighted by Gasteiger charge is -2.16. The number of nitrogens with zero attached hydrogens (tertiary/aromatic N) is 2. The monoisotopic (exact) mass is 322 g/mol. The van der Waals surface area contributed by atoms with Crippen molar-refractivity contribution in [2.24, 2.45) is 0 Å². The van der Waals surface area contributed by atoms with Crippen LogP contribution in [0.25, 0.3) is 0 Å². The molecule has 1 unspecified atom stereocenters. The van der Waals surface area contributed by atoms with Crippen molar-refractivity contribution < 1.29 is 22.5 Å². The first-order chi connectivity index (χ1) is 9.20. The lowest BCUT2D eigenvalue weighted by Crippen LogP contribution is -2.27. The molecule has 1 saturated heterocycles. The van der Waals surface area contributed by atoms with Crippen LogP contribution in [0.2, 0.25) is 0 Å². The highest BCUT2D eigenvalue weighted by Gasteiger charge is 2.40. The summed E-state index contributed by atoms with van der Waals surface area (Å²) in [5.74, 6) is -1.43. The van der Waals surface area contributed by atoms with E-state index in [4.69, 9.17) is 10.7 Å². The molecule has 0 radical (unpaired) electrons. The van der Waals surface area contributed by atoms with Crippen molar-refractivity contribution in [1.29, 1.82) is 0 Å². The van der Waals surface area contributed by atoms with E-state index in [1.807, 2.05) is 0 Å². The van der Waals surface area contributed by atoms with E-state index in [2.05, 4.69) is 0 Å². The Bertz CT molecular complexity index is 693. The Balaban J connectivity index is 2.45. The first-order valence-corrected chi connectivity index (χ1v) is 7.75. The minimum atomic E-state index is -3.97. The molecule has 0 aliphatic carbocycles. The largest absolute Gasteiger partial charge is 0.305 e. The van der Waals surface area contributed by atoms with E-state index >= 15 is 0 Å². The molecule has 0 bridgehead atoms. The third-order valence-electron chi connectivity index (χ3n) is 2.91. The van der Waals surface area contributed by atoms with Crippen LogP contribution in [0.1, 0.15) is 6.42 Å². The molecule has 108 valence electrons. The number of nitro groups is 1. The maximum atomic E-state index is 13.2. The molecule has 1 aromatic carbocycles. The van der Waals surface area contributed by atoms with E-state index in [0.717, 1.165) is 23.1 Å². The third kappa shape index (κ3) is 2.73. The number of anilines is 1. The van der Waals surface area contributed by atoms with Crippen LogP contribution < -0.4 is 4.90 Å². The summed E-state index contributed by atoms with van der Waals surface area (Å²) in [5.41, 5.74) is -0.754. The van der Waals surface area contributed by atoms with Gasteiger partial charge >= 0.3 is 0 Å². The fourth-order valence-electron chi connectivity index (χ4n) is 1.96. The fourth-order valence-corrected chi connectivity index (χ4v) is 2.99. The number of benzene rings is 1. The van der Waals surface area contributed by atoms with Gasteiger partial charge in [0.2, 0.25) is 15.0 Å². The molecule has 1 aliphatic heterocycles. The van der Waals surface area contributed by atoms with Crippen LogP contribution in [0.5, 0.6) is 0 Å². The van der Waals surface area contributed by atoms with Gasteiger partial charge in [-0.3, -0.25) is 14.9 Å². The zero-order chi connectivity index (χ0) is 15.1. The van der Waals surface area contributed by atoms with Gasteiger partial charge in [-0.25, -0.2) is 12.8 Å². The van der Waals surface area contributed by atoms with E-state index in [-0.39, 0.29) is 18.7 Å². The number of carbonyl (C=O) groups is 1. The molecular weight excluding hydrogens is 315 g/mol. The first-order valence-electron chi connectivity index (χ1n) is 5.38. The highest BCUT2D eigenvalue weighted by molar-refractivity contribution is 8.14. The summed E-state index contributed by atoms with van der Waals surface area (Å²) in [6.45, 7) is -0.338. The van der Waals surface area contributed by atoms with Crippen LogP contribution in [-0.2, 0) is 13.8 Å². The van der Waals surface area contributed by atoms with E-state index < -0.39 is 36.6 Å². The molecule has 7 nitrogen and oxygen atoms in total. The normalized spacial score (nSPS) is 19.4. The lowest BCUT2D eigenvalue weighted by molar-refractivity contribution is -0.384. The Morgan fingerprint density at radius 2 is 2.10 bits per heavy atom. The van der Waals surface area contributed by atoms with Gasteiger partial charge in [0.05, 0.1) is 4.92 Å². The van der Waals surface area contributed by atoms with Gasteiger partial charge in [0, 0.05) is 35.8 Å². The Hall–Kier alpha value is -1.74. The molecule has 0 aromatic heterocycles. The van der Waals surface area contributed by atoms with Gasteiger partial charge in [0.15, 0.2) is 0 Å². The van der Waals surface area contributed by atoms with Crippen LogP contribution in [0.4, 0.5) is 15.8 Å². The Labute approximate surface area is 117 Å². The van der Waals surface area contributed by atoms with Gasteiger partial charge in [-0.1, -0.05) is 0 Å². The van der Waals surface area contributed by atoms with Crippen LogP contribution in [0.15, 0.2) is 18.2 Å². The van der Waals surface area contributed by atoms with Gasteiger partial charge in [0.25, 0.3) is 5.69 Å². The standard InChI is InChI=1S/C10H8ClFN2O5S/c11-20(18,19)7-4-10(15)13(5-7)9-3-6(12)1-2-8(9)14(16)17/h1-3,7H,4-5H2. The van der Waals surface area contributed by atoms with Crippen molar-refractivity contribution in [3.05, 3.63) is 34.1 Å². The Morgan fingerprint density at radius 1 is 1.45 bits per heavy atom. The summed E-state index contributed by atoms with van der Waals surface area (Å²) in [6.07, 6.45) is -0.389. The number of nitro benzene ring substituents is 1. The van der Waals surface area contributed by atoms with Crippen LogP contribution in [-0.4, -0.2) is 31.0 Å². The van der Waals surface area contributed by atoms with Crippen LogP contribution in [0.3, 0.4) is 0 Å². The molecule has 1 fully saturated rings. The summed E-state index contributed by atoms with van der Waals surface area (Å²) in [7, 11) is 1.20. The highest BCUT2D eigenvalue weighted by atomic mass is 35.7. The van der Waals surface area contributed by atoms with Gasteiger partial charge < -0.3 is 4.90 Å². The van der Waals surface area contributed by atoms with E-state index in [9.17, 15) is 27.7 Å². The van der Waals surface area contributed by atoms with Crippen molar-refractivity contribution in [3.8, 4) is 0 Å². The summed E-state index contributed by atoms with van der Waals surface area (Å²) >= 11 is 0. The number of hydrogen-bond donors (Lipinski definition) is 0. The van der Waals surface area contributed by atoms with Gasteiger partial charge in [-0.05, 0) is 6.07 Å². The van der Waals surface area contributed by atoms with Crippen LogP contribution >= 0.6 is 10.7 Å². The van der Waals surface area contributed by atoms with Crippen molar-refractivity contribution in [2.75, 3.05) is 11.4 Å². The number of halogens is 2. The predicted molar refractivity (Wildman–Crippen MR) is 68.6 cm³/mol. The Kier molecular flexibility index (Phi) is 3.65. The minimum absolute atomic E-state index is 0.275. The molecule has 1 amide bonds. The number of amides is 1. The molecule has 1 heterocycles. The lowest BCUT2D eigenvalue weighted by atomic mass is 10.2. The molecular formula is C10H8ClFN2O5S. The molecule has 2 rings (SSSR count). The van der Waals surface area contributed by atoms with E-state index in [1.165, 1.54) is 0 Å². The quantitative estimate of drug-likeness (QED) is 0.476. The zero-order valence-electron chi connectivity index (χ0n) is 9.82. The Morgan fingerprint density at radius 3 is 2.60 bits per heavy atom. The molecule has 0 spiro atoms. The topological polar surface area (TPSA) is 97.6 Å². The molecule has 20 heavy (non-hydrogen) atoms. The SMILES string of the molecule is O=C1CC(S(=O)(=O)Cl)CN1c1cc(F)ccc1[N+](=O)[O-]. The smallest absolute Gasteiger partial charge is 0.293 e. The molecule has 1 aromatic rings. The van der Waals surface area contributed by atoms with Gasteiger partial charge in [-0.2, -0.15) is 0 Å². The number of carbonyl (C=O) groups excluding carboxylic acids is 1. The third-order valence-corrected chi connectivity index (χ3v) is 4.78. The second-order valence-corrected chi connectivity index (χ2v) is 7.10. The maximum absolute atomic E-state index is 13.2. The summed E-state index contributed by atoms with van der Waals surface area (Å²) in [4.78, 5) is 22.7. The van der Waals surface area contributed by atoms with Crippen molar-refractivity contribution in [2.45, 2.75) is 11.7 Å². The van der Waals surface area contributed by atoms with E-state index in [1.54, 1.807) is 0 Å². The zero-order valence-corrected chi connectivity index (χ0v) is 11.4.